The molecule has 0 saturated heterocycles. The van der Waals surface area contributed by atoms with Crippen LogP contribution in [0, 0.1) is 0 Å². The molecular formula is C19H14O2S3. The summed E-state index contributed by atoms with van der Waals surface area (Å²) < 4.78 is 0. The molecule has 24 heavy (non-hydrogen) atoms. The second-order valence-electron chi connectivity index (χ2n) is 5.54. The highest BCUT2D eigenvalue weighted by Crippen LogP contribution is 2.52. The molecule has 2 aromatic carbocycles. The van der Waals surface area contributed by atoms with E-state index in [1.54, 1.807) is 23.5 Å². The maximum Gasteiger partial charge on any atom is 0.200 e. The highest BCUT2D eigenvalue weighted by molar-refractivity contribution is 8.13. The van der Waals surface area contributed by atoms with E-state index in [0.29, 0.717) is 16.0 Å². The fourth-order valence-corrected chi connectivity index (χ4v) is 5.86. The number of ketones is 2. The Kier molecular flexibility index (Phi) is 3.90. The molecule has 0 unspecified atom stereocenters. The number of carbonyl (C=O) groups is 2. The van der Waals surface area contributed by atoms with Crippen LogP contribution in [0.25, 0.3) is 20.6 Å². The smallest absolute Gasteiger partial charge is 0.200 e. The highest BCUT2D eigenvalue weighted by Gasteiger charge is 2.30. The lowest BCUT2D eigenvalue weighted by Gasteiger charge is -2.10. The number of rotatable bonds is 3. The largest absolute Gasteiger partial charge is 0.289 e. The number of Topliss-reactive ketones (excluding diaryl/α,β-unsaturated/α-hetero) is 1. The van der Waals surface area contributed by atoms with Gasteiger partial charge in [-0.05, 0) is 47.4 Å². The zero-order valence-corrected chi connectivity index (χ0v) is 15.9. The molecule has 0 radical (unpaired) electrons. The van der Waals surface area contributed by atoms with Crippen molar-refractivity contribution in [3.8, 4) is 0 Å². The second kappa shape index (κ2) is 5.83. The lowest BCUT2D eigenvalue weighted by atomic mass is 9.93. The molecular weight excluding hydrogens is 356 g/mol. The van der Waals surface area contributed by atoms with Crippen molar-refractivity contribution in [2.24, 2.45) is 0 Å². The van der Waals surface area contributed by atoms with Crippen LogP contribution < -0.4 is 0 Å². The van der Waals surface area contributed by atoms with Crippen LogP contribution in [0.5, 0.6) is 0 Å². The van der Waals surface area contributed by atoms with E-state index in [-0.39, 0.29) is 11.6 Å². The van der Waals surface area contributed by atoms with Crippen LogP contribution in [-0.4, -0.2) is 30.3 Å². The molecule has 120 valence electrons. The zero-order valence-electron chi connectivity index (χ0n) is 13.4. The molecule has 5 heteroatoms. The average Bonchev–Trinajstić information content (AvgIpc) is 2.88. The minimum absolute atomic E-state index is 0.0541. The van der Waals surface area contributed by atoms with E-state index in [0.717, 1.165) is 21.9 Å². The van der Waals surface area contributed by atoms with E-state index in [2.05, 4.69) is 12.5 Å². The van der Waals surface area contributed by atoms with Gasteiger partial charge in [-0.2, -0.15) is 0 Å². The number of carbonyl (C=O) groups excluding carboxylic acids is 2. The van der Waals surface area contributed by atoms with Crippen molar-refractivity contribution in [3.05, 3.63) is 57.5 Å². The molecule has 0 bridgehead atoms. The number of allylic oxidation sites excluding steroid dienone is 2. The predicted molar refractivity (Wildman–Crippen MR) is 108 cm³/mol. The molecule has 0 amide bonds. The summed E-state index contributed by atoms with van der Waals surface area (Å²) in [6, 6.07) is 7.82. The average molecular weight is 371 g/mol. The van der Waals surface area contributed by atoms with E-state index >= 15 is 0 Å². The SMILES string of the molecule is CSC1=CC(=O)c2ccc3c4c(ccc(c24)C1=O)C(SC)=C3SC. The number of hydrogen-bond donors (Lipinski definition) is 0. The molecule has 0 fully saturated rings. The van der Waals surface area contributed by atoms with E-state index in [1.807, 2.05) is 30.5 Å². The summed E-state index contributed by atoms with van der Waals surface area (Å²) >= 11 is 4.76. The van der Waals surface area contributed by atoms with Gasteiger partial charge in [-0.15, -0.1) is 35.3 Å². The summed E-state index contributed by atoms with van der Waals surface area (Å²) in [5.74, 6) is -0.139. The highest BCUT2D eigenvalue weighted by atomic mass is 32.2. The Morgan fingerprint density at radius 3 is 1.71 bits per heavy atom. The van der Waals surface area contributed by atoms with E-state index in [4.69, 9.17) is 0 Å². The standard InChI is InChI=1S/C19H14O2S3/c1-22-14-8-13(20)9-4-6-11-16-12(19(24-3)18(11)23-2)7-5-10(15(9)16)17(14)21/h4-8H,1-3H3. The minimum Gasteiger partial charge on any atom is -0.289 e. The first kappa shape index (κ1) is 16.1. The molecule has 0 saturated carbocycles. The van der Waals surface area contributed by atoms with Gasteiger partial charge < -0.3 is 0 Å². The third kappa shape index (κ3) is 2.01. The molecule has 2 aliphatic rings. The quantitative estimate of drug-likeness (QED) is 0.729. The predicted octanol–water partition coefficient (Wildman–Crippen LogP) is 5.33. The Balaban J connectivity index is 2.15. The van der Waals surface area contributed by atoms with E-state index in [9.17, 15) is 9.59 Å². The Labute approximate surface area is 153 Å². The third-order valence-electron chi connectivity index (χ3n) is 4.48. The van der Waals surface area contributed by atoms with Crippen LogP contribution in [0.15, 0.2) is 35.2 Å². The maximum atomic E-state index is 12.9. The van der Waals surface area contributed by atoms with Gasteiger partial charge in [0.15, 0.2) is 11.6 Å². The minimum atomic E-state index is -0.0848. The van der Waals surface area contributed by atoms with Crippen LogP contribution in [0.3, 0.4) is 0 Å². The van der Waals surface area contributed by atoms with Crippen LogP contribution in [0.1, 0.15) is 31.8 Å². The van der Waals surface area contributed by atoms with Crippen LogP contribution in [0.2, 0.25) is 0 Å². The second-order valence-corrected chi connectivity index (χ2v) is 8.03. The van der Waals surface area contributed by atoms with Crippen molar-refractivity contribution in [1.29, 1.82) is 0 Å². The number of thioether (sulfide) groups is 3. The fraction of sp³-hybridized carbons (Fsp3) is 0.158. The molecule has 0 atom stereocenters. The molecule has 0 heterocycles. The van der Waals surface area contributed by atoms with Crippen molar-refractivity contribution < 1.29 is 9.59 Å². The maximum absolute atomic E-state index is 12.9. The van der Waals surface area contributed by atoms with Gasteiger partial charge in [-0.1, -0.05) is 12.1 Å². The first-order valence-corrected chi connectivity index (χ1v) is 11.1. The normalized spacial score (nSPS) is 16.0. The molecule has 2 aromatic rings. The van der Waals surface area contributed by atoms with Crippen molar-refractivity contribution in [3.63, 3.8) is 0 Å². The van der Waals surface area contributed by atoms with Crippen molar-refractivity contribution in [2.45, 2.75) is 0 Å². The first-order valence-electron chi connectivity index (χ1n) is 7.39. The fourth-order valence-electron chi connectivity index (χ4n) is 3.47. The van der Waals surface area contributed by atoms with Crippen LogP contribution in [-0.2, 0) is 0 Å². The molecule has 2 aliphatic carbocycles. The Hall–Kier alpha value is -1.43. The van der Waals surface area contributed by atoms with Gasteiger partial charge in [-0.25, -0.2) is 0 Å². The first-order chi connectivity index (χ1) is 11.6. The van der Waals surface area contributed by atoms with E-state index < -0.39 is 0 Å². The zero-order chi connectivity index (χ0) is 17.0. The molecule has 0 aromatic heterocycles. The summed E-state index contributed by atoms with van der Waals surface area (Å²) in [7, 11) is 0. The number of benzene rings is 2. The van der Waals surface area contributed by atoms with Gasteiger partial charge in [0.1, 0.15) is 0 Å². The Bertz CT molecular complexity index is 979. The van der Waals surface area contributed by atoms with Crippen molar-refractivity contribution in [2.75, 3.05) is 18.8 Å². The van der Waals surface area contributed by atoms with Crippen molar-refractivity contribution >= 4 is 67.4 Å². The van der Waals surface area contributed by atoms with E-state index in [1.165, 1.54) is 27.6 Å². The summed E-state index contributed by atoms with van der Waals surface area (Å²) in [6.07, 6.45) is 7.46. The summed E-state index contributed by atoms with van der Waals surface area (Å²) in [4.78, 5) is 28.5. The van der Waals surface area contributed by atoms with Crippen LogP contribution in [0.4, 0.5) is 0 Å². The molecule has 0 aliphatic heterocycles. The third-order valence-corrected chi connectivity index (χ3v) is 7.02. The summed E-state index contributed by atoms with van der Waals surface area (Å²) in [6.45, 7) is 0. The van der Waals surface area contributed by atoms with Gasteiger partial charge in [0.25, 0.3) is 0 Å². The summed E-state index contributed by atoms with van der Waals surface area (Å²) in [5, 5.41) is 1.87. The monoisotopic (exact) mass is 370 g/mol. The van der Waals surface area contributed by atoms with Gasteiger partial charge in [-0.3, -0.25) is 9.59 Å². The Morgan fingerprint density at radius 1 is 0.667 bits per heavy atom. The molecule has 4 rings (SSSR count). The molecule has 0 spiro atoms. The van der Waals surface area contributed by atoms with Gasteiger partial charge in [0.2, 0.25) is 0 Å². The topological polar surface area (TPSA) is 34.1 Å². The molecule has 0 N–H and O–H groups in total. The van der Waals surface area contributed by atoms with Gasteiger partial charge in [0, 0.05) is 32.4 Å². The van der Waals surface area contributed by atoms with Gasteiger partial charge >= 0.3 is 0 Å². The van der Waals surface area contributed by atoms with Crippen molar-refractivity contribution in [1.82, 2.24) is 0 Å². The lowest BCUT2D eigenvalue weighted by Crippen LogP contribution is -2.01. The summed E-state index contributed by atoms with van der Waals surface area (Å²) in [5.41, 5.74) is 3.54. The van der Waals surface area contributed by atoms with Gasteiger partial charge in [0.05, 0.1) is 4.91 Å². The Morgan fingerprint density at radius 2 is 1.17 bits per heavy atom. The van der Waals surface area contributed by atoms with Crippen LogP contribution >= 0.6 is 35.3 Å². The lowest BCUT2D eigenvalue weighted by molar-refractivity contribution is 0.102. The molecule has 2 nitrogen and oxygen atoms in total. The number of hydrogen-bond acceptors (Lipinski definition) is 5.